The molecule has 1 rings (SSSR count). The van der Waals surface area contributed by atoms with Crippen molar-refractivity contribution < 1.29 is 0 Å². The van der Waals surface area contributed by atoms with Gasteiger partial charge in [-0.25, -0.2) is 4.98 Å². The summed E-state index contributed by atoms with van der Waals surface area (Å²) < 4.78 is 2.05. The molecule has 0 unspecified atom stereocenters. The molecule has 0 spiro atoms. The lowest BCUT2D eigenvalue weighted by molar-refractivity contribution is 0.891. The fourth-order valence-electron chi connectivity index (χ4n) is 0.958. The van der Waals surface area contributed by atoms with E-state index in [1.165, 1.54) is 0 Å². The summed E-state index contributed by atoms with van der Waals surface area (Å²) in [6.45, 7) is 8.73. The van der Waals surface area contributed by atoms with E-state index in [1.54, 1.807) is 6.33 Å². The van der Waals surface area contributed by atoms with Gasteiger partial charge in [0.2, 0.25) is 0 Å². The van der Waals surface area contributed by atoms with E-state index in [9.17, 15) is 0 Å². The predicted octanol–water partition coefficient (Wildman–Crippen LogP) is 1.27. The fraction of sp³-hybridized carbons (Fsp3) is 0.667. The quantitative estimate of drug-likeness (QED) is 0.572. The van der Waals surface area contributed by atoms with E-state index in [0.717, 1.165) is 5.82 Å². The second-order valence-electron chi connectivity index (χ2n) is 3.39. The summed E-state index contributed by atoms with van der Waals surface area (Å²) in [6.07, 6.45) is 1.62. The van der Waals surface area contributed by atoms with Gasteiger partial charge in [-0.3, -0.25) is 4.35 Å². The van der Waals surface area contributed by atoms with E-state index >= 15 is 0 Å². The van der Waals surface area contributed by atoms with E-state index in [-0.39, 0.29) is 0 Å². The number of aryl methyl sites for hydroxylation is 1. The molecule has 0 saturated heterocycles. The van der Waals surface area contributed by atoms with Crippen molar-refractivity contribution in [1.29, 1.82) is 0 Å². The van der Waals surface area contributed by atoms with Gasteiger partial charge < -0.3 is 0 Å². The minimum Gasteiger partial charge on any atom is -0.282 e. The molecule has 0 fully saturated rings. The third kappa shape index (κ3) is 1.26. The van der Waals surface area contributed by atoms with Crippen LogP contribution in [0.1, 0.15) is 5.82 Å². The maximum atomic E-state index is 4.15. The van der Waals surface area contributed by atoms with E-state index in [4.69, 9.17) is 0 Å². The fourth-order valence-corrected chi connectivity index (χ4v) is 2.38. The standard InChI is InChI=1S/C6H13N3Si/c1-6-7-5-8-9(6)10(2,3)4/h5H,1-4H3. The van der Waals surface area contributed by atoms with Gasteiger partial charge in [0.25, 0.3) is 0 Å². The first-order chi connectivity index (χ1) is 4.52. The molecule has 3 nitrogen and oxygen atoms in total. The van der Waals surface area contributed by atoms with Gasteiger partial charge in [0.1, 0.15) is 12.2 Å². The molecule has 56 valence electrons. The Labute approximate surface area is 62.2 Å². The Balaban J connectivity index is 3.05. The molecule has 0 aromatic carbocycles. The third-order valence-electron chi connectivity index (χ3n) is 1.35. The van der Waals surface area contributed by atoms with Crippen molar-refractivity contribution in [2.45, 2.75) is 26.6 Å². The average Bonchev–Trinajstić information content (AvgIpc) is 2.11. The first kappa shape index (κ1) is 7.46. The second kappa shape index (κ2) is 2.19. The van der Waals surface area contributed by atoms with Crippen LogP contribution < -0.4 is 0 Å². The molecular weight excluding hydrogens is 142 g/mol. The van der Waals surface area contributed by atoms with Crippen LogP contribution in [0.25, 0.3) is 0 Å². The molecule has 0 atom stereocenters. The first-order valence-corrected chi connectivity index (χ1v) is 6.83. The van der Waals surface area contributed by atoms with Gasteiger partial charge in [-0.2, -0.15) is 5.10 Å². The molecular formula is C6H13N3Si. The normalized spacial score (nSPS) is 12.0. The van der Waals surface area contributed by atoms with Crippen LogP contribution in [0.4, 0.5) is 0 Å². The first-order valence-electron chi connectivity index (χ1n) is 3.39. The summed E-state index contributed by atoms with van der Waals surface area (Å²) in [5, 5.41) is 4.15. The molecule has 0 aliphatic heterocycles. The molecule has 1 aromatic rings. The zero-order valence-corrected chi connectivity index (χ0v) is 7.92. The summed E-state index contributed by atoms with van der Waals surface area (Å²) in [4.78, 5) is 4.07. The SMILES string of the molecule is Cc1ncnn1[Si](C)(C)C. The average molecular weight is 155 g/mol. The van der Waals surface area contributed by atoms with Gasteiger partial charge in [-0.05, 0) is 26.6 Å². The third-order valence-corrected chi connectivity index (χ3v) is 3.06. The molecule has 0 aliphatic rings. The zero-order chi connectivity index (χ0) is 7.78. The smallest absolute Gasteiger partial charge is 0.178 e. The Morgan fingerprint density at radius 2 is 2.00 bits per heavy atom. The van der Waals surface area contributed by atoms with Crippen molar-refractivity contribution in [2.75, 3.05) is 0 Å². The largest absolute Gasteiger partial charge is 0.282 e. The highest BCUT2D eigenvalue weighted by molar-refractivity contribution is 6.74. The Kier molecular flexibility index (Phi) is 1.64. The van der Waals surface area contributed by atoms with Gasteiger partial charge >= 0.3 is 0 Å². The molecule has 0 bridgehead atoms. The van der Waals surface area contributed by atoms with E-state index in [2.05, 4.69) is 29.7 Å². The van der Waals surface area contributed by atoms with Crippen LogP contribution in [0.2, 0.25) is 19.6 Å². The Morgan fingerprint density at radius 3 is 2.20 bits per heavy atom. The molecule has 0 saturated carbocycles. The maximum absolute atomic E-state index is 4.15. The minimum atomic E-state index is -1.28. The summed E-state index contributed by atoms with van der Waals surface area (Å²) >= 11 is 0. The molecule has 0 aliphatic carbocycles. The molecule has 10 heavy (non-hydrogen) atoms. The molecule has 1 heterocycles. The highest BCUT2D eigenvalue weighted by atomic mass is 28.3. The Hall–Kier alpha value is -0.643. The van der Waals surface area contributed by atoms with Crippen molar-refractivity contribution >= 4 is 8.24 Å². The lowest BCUT2D eigenvalue weighted by atomic mass is 10.8. The number of rotatable bonds is 1. The van der Waals surface area contributed by atoms with Crippen molar-refractivity contribution in [3.63, 3.8) is 0 Å². The van der Waals surface area contributed by atoms with Crippen LogP contribution in [-0.2, 0) is 0 Å². The van der Waals surface area contributed by atoms with Gasteiger partial charge in [-0.15, -0.1) is 0 Å². The highest BCUT2D eigenvalue weighted by Gasteiger charge is 2.18. The van der Waals surface area contributed by atoms with Crippen molar-refractivity contribution in [3.05, 3.63) is 12.2 Å². The number of nitrogens with zero attached hydrogens (tertiary/aromatic N) is 3. The lowest BCUT2D eigenvalue weighted by Crippen LogP contribution is -2.34. The number of aromatic nitrogens is 3. The second-order valence-corrected chi connectivity index (χ2v) is 8.16. The predicted molar refractivity (Wildman–Crippen MR) is 43.5 cm³/mol. The van der Waals surface area contributed by atoms with Crippen molar-refractivity contribution in [3.8, 4) is 0 Å². The molecule has 4 heteroatoms. The molecule has 0 N–H and O–H groups in total. The van der Waals surface area contributed by atoms with Gasteiger partial charge in [0.15, 0.2) is 8.24 Å². The van der Waals surface area contributed by atoms with Gasteiger partial charge in [0, 0.05) is 0 Å². The van der Waals surface area contributed by atoms with E-state index in [0.29, 0.717) is 0 Å². The van der Waals surface area contributed by atoms with Crippen molar-refractivity contribution in [2.24, 2.45) is 0 Å². The van der Waals surface area contributed by atoms with Crippen LogP contribution in [0, 0.1) is 6.92 Å². The topological polar surface area (TPSA) is 30.7 Å². The minimum absolute atomic E-state index is 1.03. The molecule has 0 radical (unpaired) electrons. The zero-order valence-electron chi connectivity index (χ0n) is 6.92. The lowest BCUT2D eigenvalue weighted by Gasteiger charge is -2.16. The Morgan fingerprint density at radius 1 is 1.40 bits per heavy atom. The van der Waals surface area contributed by atoms with Crippen LogP contribution >= 0.6 is 0 Å². The van der Waals surface area contributed by atoms with E-state index in [1.807, 2.05) is 11.3 Å². The van der Waals surface area contributed by atoms with E-state index < -0.39 is 8.24 Å². The Bertz CT molecular complexity index is 223. The van der Waals surface area contributed by atoms with Crippen molar-refractivity contribution in [1.82, 2.24) is 14.4 Å². The highest BCUT2D eigenvalue weighted by Crippen LogP contribution is 2.04. The van der Waals surface area contributed by atoms with Gasteiger partial charge in [0.05, 0.1) is 0 Å². The number of hydrogen-bond donors (Lipinski definition) is 0. The van der Waals surface area contributed by atoms with Crippen LogP contribution in [-0.4, -0.2) is 22.7 Å². The van der Waals surface area contributed by atoms with Crippen LogP contribution in [0.15, 0.2) is 6.33 Å². The summed E-state index contributed by atoms with van der Waals surface area (Å²) in [7, 11) is -1.28. The molecule has 0 amide bonds. The summed E-state index contributed by atoms with van der Waals surface area (Å²) in [5.74, 6) is 1.03. The molecule has 1 aromatic heterocycles. The number of hydrogen-bond acceptors (Lipinski definition) is 2. The van der Waals surface area contributed by atoms with Gasteiger partial charge in [-0.1, -0.05) is 0 Å². The maximum Gasteiger partial charge on any atom is 0.178 e. The summed E-state index contributed by atoms with van der Waals surface area (Å²) in [5.41, 5.74) is 0. The summed E-state index contributed by atoms with van der Waals surface area (Å²) in [6, 6.07) is 0. The monoisotopic (exact) mass is 155 g/mol. The van der Waals surface area contributed by atoms with Crippen LogP contribution in [0.5, 0.6) is 0 Å². The van der Waals surface area contributed by atoms with Crippen LogP contribution in [0.3, 0.4) is 0 Å².